The molecule has 1 atom stereocenters. The lowest BCUT2D eigenvalue weighted by atomic mass is 10.2. The van der Waals surface area contributed by atoms with Crippen LogP contribution >= 0.6 is 23.2 Å². The molecule has 0 aliphatic carbocycles. The van der Waals surface area contributed by atoms with E-state index in [0.29, 0.717) is 0 Å². The predicted molar refractivity (Wildman–Crippen MR) is 65.4 cm³/mol. The van der Waals surface area contributed by atoms with E-state index in [9.17, 15) is 14.4 Å². The fourth-order valence-corrected chi connectivity index (χ4v) is 1.62. The Labute approximate surface area is 117 Å². The molecule has 0 aliphatic rings. The summed E-state index contributed by atoms with van der Waals surface area (Å²) in [5, 5.41) is 19.2. The summed E-state index contributed by atoms with van der Waals surface area (Å²) in [7, 11) is 0. The number of hydrogen-bond donors (Lipinski definition) is 3. The van der Waals surface area contributed by atoms with Gasteiger partial charge in [-0.15, -0.1) is 0 Å². The Morgan fingerprint density at radius 3 is 2.37 bits per heavy atom. The molecule has 1 rings (SSSR count). The van der Waals surface area contributed by atoms with Crippen molar-refractivity contribution in [3.05, 3.63) is 28.0 Å². The Bertz CT molecular complexity index is 535. The largest absolute Gasteiger partial charge is 0.481 e. The molecule has 0 aliphatic heterocycles. The van der Waals surface area contributed by atoms with Gasteiger partial charge >= 0.3 is 11.9 Å². The average molecular weight is 307 g/mol. The van der Waals surface area contributed by atoms with Crippen LogP contribution in [0.2, 0.25) is 10.3 Å². The van der Waals surface area contributed by atoms with Crippen LogP contribution in [0.4, 0.5) is 0 Å². The van der Waals surface area contributed by atoms with E-state index in [0.717, 1.165) is 0 Å². The van der Waals surface area contributed by atoms with Crippen LogP contribution in [0.5, 0.6) is 0 Å². The van der Waals surface area contributed by atoms with Crippen LogP contribution in [0, 0.1) is 0 Å². The number of halogens is 2. The number of aliphatic carboxylic acids is 2. The molecule has 1 amide bonds. The van der Waals surface area contributed by atoms with Gasteiger partial charge in [-0.3, -0.25) is 9.59 Å². The minimum absolute atomic E-state index is 0.0712. The molecular weight excluding hydrogens is 299 g/mol. The number of carboxylic acid groups (broad SMARTS) is 2. The Morgan fingerprint density at radius 1 is 1.26 bits per heavy atom. The normalized spacial score (nSPS) is 11.7. The van der Waals surface area contributed by atoms with E-state index in [4.69, 9.17) is 33.4 Å². The summed E-state index contributed by atoms with van der Waals surface area (Å²) in [6.07, 6.45) is -0.750. The van der Waals surface area contributed by atoms with Crippen LogP contribution in [0.1, 0.15) is 16.8 Å². The second-order valence-electron chi connectivity index (χ2n) is 3.43. The zero-order valence-electron chi connectivity index (χ0n) is 9.26. The third-order valence-electron chi connectivity index (χ3n) is 2.04. The number of hydrogen-bond acceptors (Lipinski definition) is 4. The van der Waals surface area contributed by atoms with Crippen molar-refractivity contribution < 1.29 is 24.6 Å². The first-order valence-corrected chi connectivity index (χ1v) is 5.64. The molecule has 19 heavy (non-hydrogen) atoms. The lowest BCUT2D eigenvalue weighted by Gasteiger charge is -2.12. The number of nitrogens with zero attached hydrogens (tertiary/aromatic N) is 1. The lowest BCUT2D eigenvalue weighted by Crippen LogP contribution is -2.42. The Kier molecular flexibility index (Phi) is 5.08. The van der Waals surface area contributed by atoms with E-state index in [1.54, 1.807) is 0 Å². The van der Waals surface area contributed by atoms with Gasteiger partial charge in [0.2, 0.25) is 0 Å². The summed E-state index contributed by atoms with van der Waals surface area (Å²) >= 11 is 11.2. The van der Waals surface area contributed by atoms with E-state index in [2.05, 4.69) is 4.98 Å². The Balaban J connectivity index is 2.87. The van der Waals surface area contributed by atoms with Gasteiger partial charge in [0.05, 0.1) is 12.0 Å². The Hall–Kier alpha value is -1.86. The summed E-state index contributed by atoms with van der Waals surface area (Å²) in [4.78, 5) is 36.6. The molecule has 0 fully saturated rings. The number of nitrogens with one attached hydrogen (secondary N) is 1. The van der Waals surface area contributed by atoms with Crippen molar-refractivity contribution in [3.63, 3.8) is 0 Å². The molecule has 7 nitrogen and oxygen atoms in total. The molecule has 0 spiro atoms. The third kappa shape index (κ3) is 4.38. The zero-order valence-corrected chi connectivity index (χ0v) is 10.8. The van der Waals surface area contributed by atoms with Gasteiger partial charge < -0.3 is 15.5 Å². The average Bonchev–Trinajstić information content (AvgIpc) is 2.26. The van der Waals surface area contributed by atoms with E-state index in [1.807, 2.05) is 5.32 Å². The highest BCUT2D eigenvalue weighted by Crippen LogP contribution is 2.16. The van der Waals surface area contributed by atoms with Crippen LogP contribution in [-0.2, 0) is 9.59 Å². The van der Waals surface area contributed by atoms with Crippen molar-refractivity contribution in [1.82, 2.24) is 10.3 Å². The van der Waals surface area contributed by atoms with Crippen molar-refractivity contribution in [3.8, 4) is 0 Å². The number of aromatic nitrogens is 1. The quantitative estimate of drug-likeness (QED) is 0.700. The van der Waals surface area contributed by atoms with Crippen molar-refractivity contribution in [2.45, 2.75) is 12.5 Å². The van der Waals surface area contributed by atoms with E-state index in [-0.39, 0.29) is 15.9 Å². The Morgan fingerprint density at radius 2 is 1.89 bits per heavy atom. The summed E-state index contributed by atoms with van der Waals surface area (Å²) < 4.78 is 0. The second-order valence-corrected chi connectivity index (χ2v) is 4.18. The van der Waals surface area contributed by atoms with Gasteiger partial charge in [0.15, 0.2) is 0 Å². The SMILES string of the molecule is O=C(O)C[C@H](NC(=O)c1ccc(Cl)nc1Cl)C(=O)O. The van der Waals surface area contributed by atoms with Crippen molar-refractivity contribution >= 4 is 41.0 Å². The first-order chi connectivity index (χ1) is 8.81. The van der Waals surface area contributed by atoms with E-state index >= 15 is 0 Å². The fraction of sp³-hybridized carbons (Fsp3) is 0.200. The summed E-state index contributed by atoms with van der Waals surface area (Å²) in [6.45, 7) is 0. The molecule has 1 aromatic rings. The smallest absolute Gasteiger partial charge is 0.326 e. The minimum Gasteiger partial charge on any atom is -0.481 e. The molecule has 9 heteroatoms. The van der Waals surface area contributed by atoms with Gasteiger partial charge in [0.1, 0.15) is 16.3 Å². The van der Waals surface area contributed by atoms with Gasteiger partial charge in [-0.1, -0.05) is 23.2 Å². The van der Waals surface area contributed by atoms with Crippen LogP contribution in [0.15, 0.2) is 12.1 Å². The van der Waals surface area contributed by atoms with Gasteiger partial charge in [-0.25, -0.2) is 9.78 Å². The zero-order chi connectivity index (χ0) is 14.6. The molecule has 0 unspecified atom stereocenters. The highest BCUT2D eigenvalue weighted by molar-refractivity contribution is 6.34. The first-order valence-electron chi connectivity index (χ1n) is 4.88. The van der Waals surface area contributed by atoms with Gasteiger partial charge in [0.25, 0.3) is 5.91 Å². The number of pyridine rings is 1. The van der Waals surface area contributed by atoms with Gasteiger partial charge in [0, 0.05) is 0 Å². The molecule has 1 aromatic heterocycles. The summed E-state index contributed by atoms with van der Waals surface area (Å²) in [5.74, 6) is -3.66. The summed E-state index contributed by atoms with van der Waals surface area (Å²) in [5.41, 5.74) is -0.0947. The van der Waals surface area contributed by atoms with Crippen molar-refractivity contribution in [1.29, 1.82) is 0 Å². The maximum atomic E-state index is 11.7. The highest BCUT2D eigenvalue weighted by atomic mass is 35.5. The monoisotopic (exact) mass is 306 g/mol. The molecule has 0 radical (unpaired) electrons. The van der Waals surface area contributed by atoms with Gasteiger partial charge in [-0.05, 0) is 12.1 Å². The van der Waals surface area contributed by atoms with Crippen LogP contribution in [0.3, 0.4) is 0 Å². The summed E-state index contributed by atoms with van der Waals surface area (Å²) in [6, 6.07) is 0.999. The standard InChI is InChI=1S/C10H8Cl2N2O5/c11-6-2-1-4(8(12)14-6)9(17)13-5(10(18)19)3-7(15)16/h1-2,5H,3H2,(H,13,17)(H,15,16)(H,18,19)/t5-/m0/s1. The highest BCUT2D eigenvalue weighted by Gasteiger charge is 2.24. The van der Waals surface area contributed by atoms with Gasteiger partial charge in [-0.2, -0.15) is 0 Å². The topological polar surface area (TPSA) is 117 Å². The second kappa shape index (κ2) is 6.35. The fourth-order valence-electron chi connectivity index (χ4n) is 1.19. The molecule has 1 heterocycles. The maximum Gasteiger partial charge on any atom is 0.326 e. The first kappa shape index (κ1) is 15.2. The molecule has 0 saturated heterocycles. The van der Waals surface area contributed by atoms with Crippen LogP contribution < -0.4 is 5.32 Å². The molecule has 0 saturated carbocycles. The molecular formula is C10H8Cl2N2O5. The van der Waals surface area contributed by atoms with Crippen LogP contribution in [0.25, 0.3) is 0 Å². The number of rotatable bonds is 5. The molecule has 0 bridgehead atoms. The number of carbonyl (C=O) groups is 3. The predicted octanol–water partition coefficient (Wildman–Crippen LogP) is 1.05. The third-order valence-corrected chi connectivity index (χ3v) is 2.54. The van der Waals surface area contributed by atoms with Crippen molar-refractivity contribution in [2.75, 3.05) is 0 Å². The molecule has 3 N–H and O–H groups in total. The number of amides is 1. The number of carbonyl (C=O) groups excluding carboxylic acids is 1. The van der Waals surface area contributed by atoms with E-state index in [1.165, 1.54) is 12.1 Å². The van der Waals surface area contributed by atoms with E-state index < -0.39 is 30.3 Å². The number of carboxylic acids is 2. The molecule has 102 valence electrons. The minimum atomic E-state index is -1.56. The lowest BCUT2D eigenvalue weighted by molar-refractivity contribution is -0.145. The maximum absolute atomic E-state index is 11.7. The van der Waals surface area contributed by atoms with Crippen molar-refractivity contribution in [2.24, 2.45) is 0 Å². The van der Waals surface area contributed by atoms with Crippen LogP contribution in [-0.4, -0.2) is 39.1 Å². The molecule has 0 aromatic carbocycles.